The summed E-state index contributed by atoms with van der Waals surface area (Å²) in [5.41, 5.74) is -2.14. The third-order valence-electron chi connectivity index (χ3n) is 5.93. The molecule has 0 amide bonds. The molecule has 27 heavy (non-hydrogen) atoms. The minimum Gasteiger partial charge on any atom is -0.461 e. The quantitative estimate of drug-likeness (QED) is 0.529. The first-order chi connectivity index (χ1) is 12.2. The maximum absolute atomic E-state index is 12.6. The monoisotopic (exact) mass is 382 g/mol. The zero-order valence-electron chi connectivity index (χ0n) is 18.5. The molecule has 1 saturated heterocycles. The van der Waals surface area contributed by atoms with Gasteiger partial charge in [0.15, 0.2) is 5.60 Å². The number of hydrogen-bond donors (Lipinski definition) is 1. The van der Waals surface area contributed by atoms with Gasteiger partial charge < -0.3 is 14.6 Å². The van der Waals surface area contributed by atoms with Crippen molar-refractivity contribution in [1.82, 2.24) is 0 Å². The highest BCUT2D eigenvalue weighted by Gasteiger charge is 2.59. The van der Waals surface area contributed by atoms with Gasteiger partial charge in [-0.25, -0.2) is 4.79 Å². The van der Waals surface area contributed by atoms with Crippen LogP contribution in [0.1, 0.15) is 68.7 Å². The third kappa shape index (κ3) is 4.92. The summed E-state index contributed by atoms with van der Waals surface area (Å²) in [5.74, 6) is 0.616. The fraction of sp³-hybridized carbons (Fsp3) is 0.818. The number of esters is 2. The van der Waals surface area contributed by atoms with E-state index in [4.69, 9.17) is 9.47 Å². The molecule has 1 rings (SSSR count). The summed E-state index contributed by atoms with van der Waals surface area (Å²) in [5, 5.41) is 10.1. The molecule has 0 spiro atoms. The molecule has 1 unspecified atom stereocenters. The summed E-state index contributed by atoms with van der Waals surface area (Å²) in [6, 6.07) is 0. The van der Waals surface area contributed by atoms with Crippen LogP contribution in [0.5, 0.6) is 0 Å². The maximum Gasteiger partial charge on any atom is 0.335 e. The minimum absolute atomic E-state index is 0.159. The van der Waals surface area contributed by atoms with Crippen LogP contribution in [0.2, 0.25) is 0 Å². The molecule has 1 fully saturated rings. The van der Waals surface area contributed by atoms with E-state index < -0.39 is 29.0 Å². The van der Waals surface area contributed by atoms with Crippen LogP contribution in [-0.2, 0) is 19.1 Å². The fourth-order valence-corrected chi connectivity index (χ4v) is 3.65. The third-order valence-corrected chi connectivity index (χ3v) is 5.93. The second-order valence-corrected chi connectivity index (χ2v) is 10.00. The molecule has 0 aromatic heterocycles. The van der Waals surface area contributed by atoms with Crippen molar-refractivity contribution in [2.45, 2.75) is 74.3 Å². The number of aliphatic hydroxyl groups excluding tert-OH is 1. The number of ether oxygens (including phenoxy) is 2. The maximum atomic E-state index is 12.6. The molecule has 0 bridgehead atoms. The number of rotatable bonds is 7. The van der Waals surface area contributed by atoms with Gasteiger partial charge in [0.2, 0.25) is 0 Å². The first-order valence-electron chi connectivity index (χ1n) is 9.91. The van der Waals surface area contributed by atoms with Gasteiger partial charge >= 0.3 is 11.9 Å². The van der Waals surface area contributed by atoms with Crippen LogP contribution in [0, 0.1) is 28.6 Å². The van der Waals surface area contributed by atoms with Crippen LogP contribution in [0.3, 0.4) is 0 Å². The lowest BCUT2D eigenvalue weighted by Crippen LogP contribution is -2.50. The van der Waals surface area contributed by atoms with E-state index in [0.717, 1.165) is 6.42 Å². The Kier molecular flexibility index (Phi) is 7.31. The first-order valence-corrected chi connectivity index (χ1v) is 9.91. The largest absolute Gasteiger partial charge is 0.461 e. The number of carbonyl (C=O) groups is 2. The van der Waals surface area contributed by atoms with Gasteiger partial charge in [0.1, 0.15) is 6.61 Å². The second kappa shape index (κ2) is 8.34. The van der Waals surface area contributed by atoms with Gasteiger partial charge in [-0.3, -0.25) is 4.79 Å². The average Bonchev–Trinajstić information content (AvgIpc) is 2.70. The average molecular weight is 383 g/mol. The number of hydrogen-bond acceptors (Lipinski definition) is 5. The molecule has 1 aliphatic rings. The van der Waals surface area contributed by atoms with Crippen molar-refractivity contribution >= 4 is 11.9 Å². The number of cyclic esters (lactones) is 1. The van der Waals surface area contributed by atoms with Crippen molar-refractivity contribution in [3.8, 4) is 0 Å². The molecule has 0 radical (unpaired) electrons. The molecule has 5 heteroatoms. The Hall–Kier alpha value is -1.36. The van der Waals surface area contributed by atoms with E-state index >= 15 is 0 Å². The number of allylic oxidation sites excluding steroid dienone is 1. The summed E-state index contributed by atoms with van der Waals surface area (Å²) >= 11 is 0. The SMILES string of the molecule is CC(C)C(C/C=C1\C(=O)OC(CO)(COC(=O)C(C)(C)C)C1(C)C)C(C)C. The zero-order chi connectivity index (χ0) is 21.2. The van der Waals surface area contributed by atoms with E-state index in [1.165, 1.54) is 0 Å². The zero-order valence-corrected chi connectivity index (χ0v) is 18.5. The Morgan fingerprint density at radius 3 is 2.11 bits per heavy atom. The summed E-state index contributed by atoms with van der Waals surface area (Å²) in [7, 11) is 0. The molecule has 0 aliphatic carbocycles. The summed E-state index contributed by atoms with van der Waals surface area (Å²) in [6.07, 6.45) is 2.72. The van der Waals surface area contributed by atoms with E-state index in [1.54, 1.807) is 20.8 Å². The number of carbonyl (C=O) groups excluding carboxylic acids is 2. The Bertz CT molecular complexity index is 572. The van der Waals surface area contributed by atoms with Crippen molar-refractivity contribution in [2.75, 3.05) is 13.2 Å². The van der Waals surface area contributed by atoms with E-state index in [0.29, 0.717) is 23.3 Å². The lowest BCUT2D eigenvalue weighted by Gasteiger charge is -2.37. The molecular weight excluding hydrogens is 344 g/mol. The second-order valence-electron chi connectivity index (χ2n) is 10.00. The molecule has 1 N–H and O–H groups in total. The van der Waals surface area contributed by atoms with Crippen LogP contribution in [-0.4, -0.2) is 35.9 Å². The predicted octanol–water partition coefficient (Wildman–Crippen LogP) is 4.13. The van der Waals surface area contributed by atoms with Crippen LogP contribution in [0.25, 0.3) is 0 Å². The van der Waals surface area contributed by atoms with Crippen molar-refractivity contribution in [1.29, 1.82) is 0 Å². The van der Waals surface area contributed by atoms with Crippen LogP contribution in [0.15, 0.2) is 11.6 Å². The Morgan fingerprint density at radius 2 is 1.70 bits per heavy atom. The van der Waals surface area contributed by atoms with Gasteiger partial charge in [0, 0.05) is 11.0 Å². The summed E-state index contributed by atoms with van der Waals surface area (Å²) in [4.78, 5) is 24.8. The highest BCUT2D eigenvalue weighted by molar-refractivity contribution is 5.93. The molecule has 1 heterocycles. The smallest absolute Gasteiger partial charge is 0.335 e. The summed E-state index contributed by atoms with van der Waals surface area (Å²) < 4.78 is 11.0. The van der Waals surface area contributed by atoms with Crippen molar-refractivity contribution in [3.05, 3.63) is 11.6 Å². The Balaban J connectivity index is 3.10. The van der Waals surface area contributed by atoms with Gasteiger partial charge in [-0.2, -0.15) is 0 Å². The highest BCUT2D eigenvalue weighted by atomic mass is 16.6. The van der Waals surface area contributed by atoms with Crippen molar-refractivity contribution in [3.63, 3.8) is 0 Å². The normalized spacial score (nSPS) is 24.2. The van der Waals surface area contributed by atoms with Gasteiger partial charge in [0.05, 0.1) is 12.0 Å². The molecular formula is C22H38O5. The topological polar surface area (TPSA) is 72.8 Å². The van der Waals surface area contributed by atoms with Crippen molar-refractivity contribution in [2.24, 2.45) is 28.6 Å². The standard InChI is InChI=1S/C22H38O5/c1-14(2)16(15(3)4)10-11-17-18(24)27-22(12-23,21(17,8)9)13-26-19(25)20(5,6)7/h11,14-16,23H,10,12-13H2,1-9H3/b17-11+. The Morgan fingerprint density at radius 1 is 1.19 bits per heavy atom. The summed E-state index contributed by atoms with van der Waals surface area (Å²) in [6.45, 7) is 17.2. The molecule has 1 aliphatic heterocycles. The van der Waals surface area contributed by atoms with E-state index in [2.05, 4.69) is 27.7 Å². The minimum atomic E-state index is -1.26. The highest BCUT2D eigenvalue weighted by Crippen LogP contribution is 2.48. The first kappa shape index (κ1) is 23.7. The van der Waals surface area contributed by atoms with Crippen LogP contribution >= 0.6 is 0 Å². The molecule has 5 nitrogen and oxygen atoms in total. The lowest BCUT2D eigenvalue weighted by atomic mass is 9.71. The molecule has 156 valence electrons. The fourth-order valence-electron chi connectivity index (χ4n) is 3.65. The molecule has 0 saturated carbocycles. The predicted molar refractivity (Wildman–Crippen MR) is 106 cm³/mol. The van der Waals surface area contributed by atoms with Crippen LogP contribution in [0.4, 0.5) is 0 Å². The molecule has 0 aromatic rings. The van der Waals surface area contributed by atoms with E-state index in [1.807, 2.05) is 19.9 Å². The molecule has 0 aromatic carbocycles. The van der Waals surface area contributed by atoms with Gasteiger partial charge in [-0.15, -0.1) is 0 Å². The van der Waals surface area contributed by atoms with Crippen molar-refractivity contribution < 1.29 is 24.2 Å². The van der Waals surface area contributed by atoms with Gasteiger partial charge in [0.25, 0.3) is 0 Å². The van der Waals surface area contributed by atoms with E-state index in [-0.39, 0.29) is 12.6 Å². The van der Waals surface area contributed by atoms with Crippen LogP contribution < -0.4 is 0 Å². The van der Waals surface area contributed by atoms with E-state index in [9.17, 15) is 14.7 Å². The van der Waals surface area contributed by atoms with Gasteiger partial charge in [-0.1, -0.05) is 47.6 Å². The van der Waals surface area contributed by atoms with Gasteiger partial charge in [-0.05, 0) is 44.9 Å². The Labute approximate surface area is 164 Å². The molecule has 1 atom stereocenters. The lowest BCUT2D eigenvalue weighted by molar-refractivity contribution is -0.179. The number of aliphatic hydroxyl groups is 1.